The topological polar surface area (TPSA) is 52.2 Å². The second-order valence-corrected chi connectivity index (χ2v) is 5.11. The zero-order valence-electron chi connectivity index (χ0n) is 12.4. The van der Waals surface area contributed by atoms with E-state index in [9.17, 15) is 31.1 Å². The number of hydrogen-bond acceptors (Lipinski definition) is 3. The predicted molar refractivity (Wildman–Crippen MR) is 71.9 cm³/mol. The number of halogens is 6. The van der Waals surface area contributed by atoms with Gasteiger partial charge in [-0.25, -0.2) is 0 Å². The summed E-state index contributed by atoms with van der Waals surface area (Å²) >= 11 is 0. The number of benzene rings is 1. The van der Waals surface area contributed by atoms with E-state index in [1.807, 2.05) is 0 Å². The first kappa shape index (κ1) is 17.0. The number of carbonyl (C=O) groups excluding carboxylic acids is 1. The molecule has 132 valence electrons. The zero-order chi connectivity index (χ0) is 18.6. The van der Waals surface area contributed by atoms with Crippen molar-refractivity contribution < 1.29 is 31.1 Å². The molecule has 0 spiro atoms. The van der Waals surface area contributed by atoms with Crippen LogP contribution in [0.2, 0.25) is 0 Å². The van der Waals surface area contributed by atoms with Crippen molar-refractivity contribution in [1.29, 1.82) is 0 Å². The highest BCUT2D eigenvalue weighted by atomic mass is 19.4. The van der Waals surface area contributed by atoms with Crippen molar-refractivity contribution in [2.45, 2.75) is 19.3 Å². The van der Waals surface area contributed by atoms with Crippen LogP contribution < -0.4 is 0 Å². The molecule has 0 aliphatic carbocycles. The maximum Gasteiger partial charge on any atom is 0.453 e. The largest absolute Gasteiger partial charge is 0.453 e. The van der Waals surface area contributed by atoms with Gasteiger partial charge in [0.1, 0.15) is 0 Å². The van der Waals surface area contributed by atoms with Crippen LogP contribution >= 0.6 is 0 Å². The number of aromatic nitrogens is 4. The monoisotopic (exact) mass is 362 g/mol. The zero-order valence-corrected chi connectivity index (χ0v) is 12.4. The quantitative estimate of drug-likeness (QED) is 0.622. The van der Waals surface area contributed by atoms with Gasteiger partial charge in [-0.15, -0.1) is 5.10 Å². The Bertz CT molecular complexity index is 952. The minimum absolute atomic E-state index is 0.000995. The first-order valence-electron chi connectivity index (χ1n) is 6.74. The molecule has 0 radical (unpaired) electrons. The van der Waals surface area contributed by atoms with Crippen molar-refractivity contribution in [3.8, 4) is 0 Å². The summed E-state index contributed by atoms with van der Waals surface area (Å²) in [4.78, 5) is 12.4. The van der Waals surface area contributed by atoms with E-state index in [1.165, 1.54) is 24.3 Å². The Balaban J connectivity index is 2.32. The lowest BCUT2D eigenvalue weighted by Gasteiger charge is -2.05. The van der Waals surface area contributed by atoms with Crippen molar-refractivity contribution in [2.24, 2.45) is 0 Å². The summed E-state index contributed by atoms with van der Waals surface area (Å²) in [5.74, 6) is -2.72. The second kappa shape index (κ2) is 5.33. The molecule has 0 amide bonds. The summed E-state index contributed by atoms with van der Waals surface area (Å²) in [5, 5.41) is 6.14. The van der Waals surface area contributed by atoms with Crippen molar-refractivity contribution in [3.05, 3.63) is 53.0 Å². The van der Waals surface area contributed by atoms with Gasteiger partial charge in [0, 0.05) is 11.1 Å². The highest BCUT2D eigenvalue weighted by molar-refractivity contribution is 5.97. The fourth-order valence-corrected chi connectivity index (χ4v) is 2.36. The van der Waals surface area contributed by atoms with Gasteiger partial charge >= 0.3 is 12.4 Å². The molecule has 0 unspecified atom stereocenters. The molecule has 25 heavy (non-hydrogen) atoms. The van der Waals surface area contributed by atoms with Crippen LogP contribution in [0.4, 0.5) is 26.3 Å². The Morgan fingerprint density at radius 2 is 1.56 bits per heavy atom. The van der Waals surface area contributed by atoms with Crippen LogP contribution in [0.25, 0.3) is 5.65 Å². The predicted octanol–water partition coefficient (Wildman–Crippen LogP) is 3.57. The minimum atomic E-state index is -5.10. The molecule has 0 saturated heterocycles. The van der Waals surface area contributed by atoms with Crippen LogP contribution in [0.1, 0.15) is 27.4 Å². The van der Waals surface area contributed by atoms with Gasteiger partial charge in [0.2, 0.25) is 0 Å². The van der Waals surface area contributed by atoms with Gasteiger partial charge in [-0.05, 0) is 19.1 Å². The first-order chi connectivity index (χ1) is 11.5. The molecule has 0 aliphatic rings. The number of alkyl halides is 6. The molecular weight excluding hydrogens is 354 g/mol. The number of rotatable bonds is 1. The van der Waals surface area contributed by atoms with Crippen LogP contribution in [0.5, 0.6) is 0 Å². The van der Waals surface area contributed by atoms with E-state index in [2.05, 4.69) is 10.2 Å². The Labute approximate surface area is 135 Å². The molecule has 2 aromatic heterocycles. The molecule has 0 saturated carbocycles. The molecule has 11 heteroatoms. The van der Waals surface area contributed by atoms with Gasteiger partial charge in [-0.3, -0.25) is 4.79 Å². The maximum absolute atomic E-state index is 13.1. The Morgan fingerprint density at radius 1 is 0.960 bits per heavy atom. The van der Waals surface area contributed by atoms with E-state index in [0.717, 1.165) is 6.92 Å². The number of carbonyl (C=O) groups is 1. The van der Waals surface area contributed by atoms with Crippen molar-refractivity contribution in [1.82, 2.24) is 19.4 Å². The molecule has 2 heterocycles. The summed E-state index contributed by atoms with van der Waals surface area (Å²) in [6.45, 7) is 0.932. The number of aryl methyl sites for hydroxylation is 1. The molecular formula is C14H8F6N4O. The van der Waals surface area contributed by atoms with E-state index in [4.69, 9.17) is 0 Å². The molecule has 0 N–H and O–H groups in total. The molecule has 1 aromatic carbocycles. The van der Waals surface area contributed by atoms with Gasteiger partial charge in [0.05, 0.1) is 0 Å². The smallest absolute Gasteiger partial charge is 0.267 e. The maximum atomic E-state index is 13.1. The highest BCUT2D eigenvalue weighted by Gasteiger charge is 2.44. The number of fused-ring (bicyclic) bond motifs is 1. The van der Waals surface area contributed by atoms with E-state index < -0.39 is 41.0 Å². The van der Waals surface area contributed by atoms with Gasteiger partial charge < -0.3 is 0 Å². The summed E-state index contributed by atoms with van der Waals surface area (Å²) in [6, 6.07) is 7.11. The van der Waals surface area contributed by atoms with E-state index >= 15 is 0 Å². The molecule has 0 atom stereocenters. The molecule has 0 bridgehead atoms. The van der Waals surface area contributed by atoms with Crippen molar-refractivity contribution in [2.75, 3.05) is 0 Å². The minimum Gasteiger partial charge on any atom is -0.267 e. The first-order valence-corrected chi connectivity index (χ1v) is 6.74. The third kappa shape index (κ3) is 2.75. The summed E-state index contributed by atoms with van der Waals surface area (Å²) < 4.78 is 78.5. The van der Waals surface area contributed by atoms with Crippen molar-refractivity contribution in [3.63, 3.8) is 0 Å². The van der Waals surface area contributed by atoms with Gasteiger partial charge in [0.25, 0.3) is 11.7 Å². The van der Waals surface area contributed by atoms with Crippen molar-refractivity contribution >= 4 is 11.6 Å². The number of nitrogens with zero attached hydrogens (tertiary/aromatic N) is 4. The van der Waals surface area contributed by atoms with E-state index in [1.54, 1.807) is 6.07 Å². The van der Waals surface area contributed by atoms with Crippen LogP contribution in [0.3, 0.4) is 0 Å². The lowest BCUT2D eigenvalue weighted by atomic mass is 10.2. The Hall–Kier alpha value is -2.85. The lowest BCUT2D eigenvalue weighted by Crippen LogP contribution is -2.17. The highest BCUT2D eigenvalue weighted by Crippen LogP contribution is 2.35. The Kier molecular flexibility index (Phi) is 3.62. The third-order valence-electron chi connectivity index (χ3n) is 3.42. The summed E-state index contributed by atoms with van der Waals surface area (Å²) in [5.41, 5.74) is -2.85. The molecule has 3 aromatic rings. The molecule has 3 rings (SSSR count). The average molecular weight is 362 g/mol. The van der Waals surface area contributed by atoms with Gasteiger partial charge in [-0.1, -0.05) is 18.2 Å². The average Bonchev–Trinajstić information content (AvgIpc) is 3.05. The number of hydrogen-bond donors (Lipinski definition) is 0. The fraction of sp³-hybridized carbons (Fsp3) is 0.214. The molecule has 0 fully saturated rings. The fourth-order valence-electron chi connectivity index (χ4n) is 2.36. The molecule has 0 aliphatic heterocycles. The Morgan fingerprint density at radius 3 is 2.08 bits per heavy atom. The normalized spacial score (nSPS) is 12.8. The van der Waals surface area contributed by atoms with E-state index in [-0.39, 0.29) is 14.8 Å². The van der Waals surface area contributed by atoms with Crippen LogP contribution in [-0.4, -0.2) is 25.3 Å². The SMILES string of the molecule is Cc1c(C(F)(F)F)nn2c(C(F)(F)F)nn(C(=O)c3ccccc3)c12. The van der Waals surface area contributed by atoms with Crippen LogP contribution in [-0.2, 0) is 12.4 Å². The van der Waals surface area contributed by atoms with Crippen LogP contribution in [0.15, 0.2) is 30.3 Å². The third-order valence-corrected chi connectivity index (χ3v) is 3.42. The lowest BCUT2D eigenvalue weighted by molar-refractivity contribution is -0.149. The summed E-state index contributed by atoms with van der Waals surface area (Å²) in [6.07, 6.45) is -10.1. The van der Waals surface area contributed by atoms with E-state index in [0.29, 0.717) is 0 Å². The molecule has 5 nitrogen and oxygen atoms in total. The summed E-state index contributed by atoms with van der Waals surface area (Å²) in [7, 11) is 0. The second-order valence-electron chi connectivity index (χ2n) is 5.11. The van der Waals surface area contributed by atoms with Gasteiger partial charge in [0.15, 0.2) is 11.3 Å². The van der Waals surface area contributed by atoms with Gasteiger partial charge in [-0.2, -0.15) is 40.6 Å². The standard InChI is InChI=1S/C14H8F6N4O/c1-7-9(13(15,16)17)21-24-10(7)23(22-12(24)14(18,19)20)11(25)8-5-3-2-4-6-8/h2-6H,1H3. The van der Waals surface area contributed by atoms with Crippen LogP contribution in [0, 0.1) is 6.92 Å².